The van der Waals surface area contributed by atoms with Gasteiger partial charge in [0.15, 0.2) is 0 Å². The molecule has 0 spiro atoms. The fraction of sp³-hybridized carbons (Fsp3) is 0.750. The van der Waals surface area contributed by atoms with Gasteiger partial charge in [-0.25, -0.2) is 0 Å². The lowest BCUT2D eigenvalue weighted by Crippen LogP contribution is -2.02. The highest BCUT2D eigenvalue weighted by atomic mass is 16.1. The van der Waals surface area contributed by atoms with E-state index in [4.69, 9.17) is 0 Å². The van der Waals surface area contributed by atoms with Crippen LogP contribution in [0.3, 0.4) is 0 Å². The van der Waals surface area contributed by atoms with Gasteiger partial charge in [0.1, 0.15) is 6.29 Å². The highest BCUT2D eigenvalue weighted by Gasteiger charge is 2.06. The van der Waals surface area contributed by atoms with Gasteiger partial charge in [-0.2, -0.15) is 0 Å². The molecule has 0 aliphatic heterocycles. The molecule has 13 heavy (non-hydrogen) atoms. The Morgan fingerprint density at radius 2 is 1.77 bits per heavy atom. The molecule has 1 atom stereocenters. The summed E-state index contributed by atoms with van der Waals surface area (Å²) in [6.07, 6.45) is 8.23. The van der Waals surface area contributed by atoms with Crippen molar-refractivity contribution in [3.05, 3.63) is 12.2 Å². The minimum Gasteiger partial charge on any atom is -0.303 e. The van der Waals surface area contributed by atoms with Crippen LogP contribution < -0.4 is 0 Å². The van der Waals surface area contributed by atoms with Crippen LogP contribution in [0.1, 0.15) is 47.0 Å². The molecule has 1 unspecified atom stereocenters. The Bertz CT molecular complexity index is 162. The summed E-state index contributed by atoms with van der Waals surface area (Å²) in [4.78, 5) is 10.2. The predicted molar refractivity (Wildman–Crippen MR) is 57.7 cm³/mol. The highest BCUT2D eigenvalue weighted by molar-refractivity contribution is 5.49. The molecule has 1 heteroatoms. The van der Waals surface area contributed by atoms with Gasteiger partial charge in [-0.05, 0) is 24.2 Å². The van der Waals surface area contributed by atoms with Crippen LogP contribution in [0.25, 0.3) is 0 Å². The van der Waals surface area contributed by atoms with Crippen LogP contribution >= 0.6 is 0 Å². The zero-order valence-corrected chi connectivity index (χ0v) is 9.34. The molecular formula is C12H22O. The van der Waals surface area contributed by atoms with Crippen molar-refractivity contribution < 1.29 is 4.79 Å². The van der Waals surface area contributed by atoms with E-state index in [1.807, 2.05) is 0 Å². The highest BCUT2D eigenvalue weighted by Crippen LogP contribution is 2.19. The predicted octanol–water partition coefficient (Wildman–Crippen LogP) is 3.59. The van der Waals surface area contributed by atoms with Crippen LogP contribution in [0.15, 0.2) is 12.2 Å². The van der Waals surface area contributed by atoms with Crippen molar-refractivity contribution in [2.45, 2.75) is 47.0 Å². The van der Waals surface area contributed by atoms with E-state index >= 15 is 0 Å². The molecule has 0 aromatic rings. The van der Waals surface area contributed by atoms with E-state index < -0.39 is 0 Å². The third-order valence-corrected chi connectivity index (χ3v) is 1.93. The molecule has 0 aliphatic carbocycles. The first kappa shape index (κ1) is 12.4. The second kappa shape index (κ2) is 5.95. The average Bonchev–Trinajstić information content (AvgIpc) is 1.97. The van der Waals surface area contributed by atoms with Gasteiger partial charge in [0.2, 0.25) is 0 Å². The molecule has 0 bridgehead atoms. The van der Waals surface area contributed by atoms with Gasteiger partial charge in [0, 0.05) is 6.42 Å². The SMILES string of the molecule is CC(CC=O)C/C=C/CC(C)(C)C. The lowest BCUT2D eigenvalue weighted by atomic mass is 9.92. The molecule has 0 aromatic carbocycles. The smallest absolute Gasteiger partial charge is 0.120 e. The summed E-state index contributed by atoms with van der Waals surface area (Å²) in [6, 6.07) is 0. The van der Waals surface area contributed by atoms with E-state index in [1.165, 1.54) is 0 Å². The molecule has 0 aliphatic rings. The molecule has 0 amide bonds. The molecule has 0 aromatic heterocycles. The van der Waals surface area contributed by atoms with E-state index in [9.17, 15) is 4.79 Å². The topological polar surface area (TPSA) is 17.1 Å². The third-order valence-electron chi connectivity index (χ3n) is 1.93. The number of carbonyl (C=O) groups excluding carboxylic acids is 1. The first-order valence-electron chi connectivity index (χ1n) is 5.04. The second-order valence-corrected chi connectivity index (χ2v) is 4.98. The van der Waals surface area contributed by atoms with Gasteiger partial charge in [-0.1, -0.05) is 39.8 Å². The van der Waals surface area contributed by atoms with Crippen LogP contribution in [0.2, 0.25) is 0 Å². The Morgan fingerprint density at radius 3 is 2.23 bits per heavy atom. The average molecular weight is 182 g/mol. The van der Waals surface area contributed by atoms with E-state index in [0.717, 1.165) is 19.1 Å². The molecule has 0 saturated carbocycles. The summed E-state index contributed by atoms with van der Waals surface area (Å²) in [6.45, 7) is 8.79. The summed E-state index contributed by atoms with van der Waals surface area (Å²) in [7, 11) is 0. The van der Waals surface area contributed by atoms with Gasteiger partial charge >= 0.3 is 0 Å². The monoisotopic (exact) mass is 182 g/mol. The van der Waals surface area contributed by atoms with E-state index in [1.54, 1.807) is 0 Å². The van der Waals surface area contributed by atoms with Crippen molar-refractivity contribution in [2.24, 2.45) is 11.3 Å². The standard InChI is InChI=1S/C12H22O/c1-11(8-10-13)7-5-6-9-12(2,3)4/h5-6,10-11H,7-9H2,1-4H3/b6-5+. The van der Waals surface area contributed by atoms with Crippen LogP contribution in [0, 0.1) is 11.3 Å². The summed E-state index contributed by atoms with van der Waals surface area (Å²) >= 11 is 0. The lowest BCUT2D eigenvalue weighted by Gasteiger charge is -2.14. The molecule has 76 valence electrons. The Labute approximate surface area is 82.2 Å². The summed E-state index contributed by atoms with van der Waals surface area (Å²) in [5, 5.41) is 0. The first-order valence-corrected chi connectivity index (χ1v) is 5.04. The normalized spacial score (nSPS) is 14.8. The molecule has 1 nitrogen and oxygen atoms in total. The number of aldehydes is 1. The molecule has 0 fully saturated rings. The Kier molecular flexibility index (Phi) is 5.68. The molecule has 0 heterocycles. The maximum absolute atomic E-state index is 10.2. The number of carbonyl (C=O) groups is 1. The minimum absolute atomic E-state index is 0.379. The minimum atomic E-state index is 0.379. The number of rotatable bonds is 5. The first-order chi connectivity index (χ1) is 5.95. The zero-order chi connectivity index (χ0) is 10.3. The fourth-order valence-corrected chi connectivity index (χ4v) is 1.03. The van der Waals surface area contributed by atoms with Crippen LogP contribution in [-0.4, -0.2) is 6.29 Å². The quantitative estimate of drug-likeness (QED) is 0.469. The molecule has 0 N–H and O–H groups in total. The Hall–Kier alpha value is -0.590. The molecule has 0 saturated heterocycles. The molecule has 0 rings (SSSR count). The van der Waals surface area contributed by atoms with E-state index in [0.29, 0.717) is 17.8 Å². The van der Waals surface area contributed by atoms with Gasteiger partial charge in [-0.15, -0.1) is 0 Å². The van der Waals surface area contributed by atoms with Crippen LogP contribution in [0.5, 0.6) is 0 Å². The number of allylic oxidation sites excluding steroid dienone is 2. The maximum Gasteiger partial charge on any atom is 0.120 e. The molecular weight excluding hydrogens is 160 g/mol. The Balaban J connectivity index is 3.57. The third kappa shape index (κ3) is 9.32. The van der Waals surface area contributed by atoms with Gasteiger partial charge < -0.3 is 4.79 Å². The van der Waals surface area contributed by atoms with Gasteiger partial charge in [-0.3, -0.25) is 0 Å². The van der Waals surface area contributed by atoms with Crippen molar-refractivity contribution in [1.82, 2.24) is 0 Å². The fourth-order valence-electron chi connectivity index (χ4n) is 1.03. The van der Waals surface area contributed by atoms with Crippen LogP contribution in [-0.2, 0) is 4.79 Å². The van der Waals surface area contributed by atoms with Crippen molar-refractivity contribution in [2.75, 3.05) is 0 Å². The van der Waals surface area contributed by atoms with Crippen LogP contribution in [0.4, 0.5) is 0 Å². The van der Waals surface area contributed by atoms with Crippen molar-refractivity contribution in [3.8, 4) is 0 Å². The Morgan fingerprint density at radius 1 is 1.15 bits per heavy atom. The van der Waals surface area contributed by atoms with Crippen molar-refractivity contribution >= 4 is 6.29 Å². The summed E-state index contributed by atoms with van der Waals surface area (Å²) < 4.78 is 0. The maximum atomic E-state index is 10.2. The van der Waals surface area contributed by atoms with E-state index in [-0.39, 0.29) is 0 Å². The second-order valence-electron chi connectivity index (χ2n) is 4.98. The van der Waals surface area contributed by atoms with Gasteiger partial charge in [0.05, 0.1) is 0 Å². The largest absolute Gasteiger partial charge is 0.303 e. The van der Waals surface area contributed by atoms with Crippen molar-refractivity contribution in [1.29, 1.82) is 0 Å². The van der Waals surface area contributed by atoms with Gasteiger partial charge in [0.25, 0.3) is 0 Å². The summed E-state index contributed by atoms with van der Waals surface area (Å²) in [5.41, 5.74) is 0.379. The molecule has 0 radical (unpaired) electrons. The number of hydrogen-bond donors (Lipinski definition) is 0. The number of hydrogen-bond acceptors (Lipinski definition) is 1. The summed E-state index contributed by atoms with van der Waals surface area (Å²) in [5.74, 6) is 0.494. The van der Waals surface area contributed by atoms with E-state index in [2.05, 4.69) is 39.8 Å². The zero-order valence-electron chi connectivity index (χ0n) is 9.34. The van der Waals surface area contributed by atoms with Crippen molar-refractivity contribution in [3.63, 3.8) is 0 Å². The lowest BCUT2D eigenvalue weighted by molar-refractivity contribution is -0.108.